The predicted molar refractivity (Wildman–Crippen MR) is 76.0 cm³/mol. The van der Waals surface area contributed by atoms with Crippen LogP contribution in [0.15, 0.2) is 18.2 Å². The van der Waals surface area contributed by atoms with E-state index in [0.717, 1.165) is 6.07 Å². The first-order chi connectivity index (χ1) is 9.83. The van der Waals surface area contributed by atoms with E-state index in [9.17, 15) is 14.0 Å². The molecule has 21 heavy (non-hydrogen) atoms. The number of amides is 2. The van der Waals surface area contributed by atoms with Crippen molar-refractivity contribution >= 4 is 17.7 Å². The highest BCUT2D eigenvalue weighted by atomic mass is 19.1. The maximum Gasteiger partial charge on any atom is 0.326 e. The molecule has 0 heterocycles. The van der Waals surface area contributed by atoms with Gasteiger partial charge in [0.2, 0.25) is 0 Å². The SMILES string of the molecule is COc1ccc(F)c(NC(=O)N[C@@H](CC(C)C)C(=O)O)c1. The summed E-state index contributed by atoms with van der Waals surface area (Å²) < 4.78 is 18.5. The van der Waals surface area contributed by atoms with Crippen LogP contribution >= 0.6 is 0 Å². The van der Waals surface area contributed by atoms with Crippen molar-refractivity contribution in [2.45, 2.75) is 26.3 Å². The van der Waals surface area contributed by atoms with Crippen LogP contribution < -0.4 is 15.4 Å². The number of carbonyl (C=O) groups excluding carboxylic acids is 1. The number of hydrogen-bond acceptors (Lipinski definition) is 3. The van der Waals surface area contributed by atoms with Gasteiger partial charge in [-0.25, -0.2) is 14.0 Å². The van der Waals surface area contributed by atoms with Crippen LogP contribution in [0.3, 0.4) is 0 Å². The summed E-state index contributed by atoms with van der Waals surface area (Å²) in [4.78, 5) is 22.8. The Bertz CT molecular complexity index is 520. The van der Waals surface area contributed by atoms with E-state index < -0.39 is 23.9 Å². The smallest absolute Gasteiger partial charge is 0.326 e. The lowest BCUT2D eigenvalue weighted by molar-refractivity contribution is -0.139. The third-order valence-electron chi connectivity index (χ3n) is 2.73. The molecule has 1 aromatic carbocycles. The minimum atomic E-state index is -1.13. The first-order valence-electron chi connectivity index (χ1n) is 6.47. The van der Waals surface area contributed by atoms with Gasteiger partial charge in [-0.05, 0) is 24.5 Å². The van der Waals surface area contributed by atoms with Gasteiger partial charge in [-0.2, -0.15) is 0 Å². The minimum absolute atomic E-state index is 0.0828. The van der Waals surface area contributed by atoms with Gasteiger partial charge in [0.05, 0.1) is 12.8 Å². The fourth-order valence-corrected chi connectivity index (χ4v) is 1.74. The molecule has 0 saturated carbocycles. The van der Waals surface area contributed by atoms with Crippen LogP contribution in [-0.4, -0.2) is 30.3 Å². The molecule has 0 radical (unpaired) electrons. The molecule has 1 rings (SSSR count). The molecular weight excluding hydrogens is 279 g/mol. The van der Waals surface area contributed by atoms with Crippen molar-refractivity contribution in [1.82, 2.24) is 5.32 Å². The third kappa shape index (κ3) is 5.29. The molecule has 7 heteroatoms. The lowest BCUT2D eigenvalue weighted by Crippen LogP contribution is -2.43. The molecule has 1 aromatic rings. The summed E-state index contributed by atoms with van der Waals surface area (Å²) in [5.41, 5.74) is -0.0828. The number of carboxylic acid groups (broad SMARTS) is 1. The lowest BCUT2D eigenvalue weighted by atomic mass is 10.0. The molecule has 0 aliphatic rings. The van der Waals surface area contributed by atoms with E-state index in [4.69, 9.17) is 9.84 Å². The maximum atomic E-state index is 13.6. The van der Waals surface area contributed by atoms with Crippen LogP contribution in [0, 0.1) is 11.7 Å². The van der Waals surface area contributed by atoms with Crippen LogP contribution in [0.2, 0.25) is 0 Å². The normalized spacial score (nSPS) is 11.9. The monoisotopic (exact) mass is 298 g/mol. The number of benzene rings is 1. The standard InChI is InChI=1S/C14H19FN2O4/c1-8(2)6-12(13(18)19)17-14(20)16-11-7-9(21-3)4-5-10(11)15/h4-5,7-8,12H,6H2,1-3H3,(H,18,19)(H2,16,17,20)/t12-/m0/s1. The number of ether oxygens (including phenoxy) is 1. The van der Waals surface area contributed by atoms with Gasteiger partial charge in [-0.15, -0.1) is 0 Å². The van der Waals surface area contributed by atoms with Crippen molar-refractivity contribution in [3.63, 3.8) is 0 Å². The number of methoxy groups -OCH3 is 1. The molecule has 0 aliphatic carbocycles. The molecular formula is C14H19FN2O4. The summed E-state index contributed by atoms with van der Waals surface area (Å²) in [5.74, 6) is -1.30. The Morgan fingerprint density at radius 2 is 2.05 bits per heavy atom. The molecule has 2 amide bonds. The molecule has 0 fully saturated rings. The Kier molecular flexibility index (Phi) is 5.95. The minimum Gasteiger partial charge on any atom is -0.497 e. The number of carboxylic acids is 1. The highest BCUT2D eigenvalue weighted by molar-refractivity contribution is 5.92. The summed E-state index contributed by atoms with van der Waals surface area (Å²) in [5, 5.41) is 13.6. The van der Waals surface area contributed by atoms with E-state index in [-0.39, 0.29) is 18.0 Å². The average Bonchev–Trinajstić information content (AvgIpc) is 2.39. The van der Waals surface area contributed by atoms with Crippen LogP contribution in [0.25, 0.3) is 0 Å². The first-order valence-corrected chi connectivity index (χ1v) is 6.47. The number of aliphatic carboxylic acids is 1. The first kappa shape index (κ1) is 16.7. The second kappa shape index (κ2) is 7.47. The lowest BCUT2D eigenvalue weighted by Gasteiger charge is -2.17. The number of carbonyl (C=O) groups is 2. The number of halogens is 1. The zero-order valence-electron chi connectivity index (χ0n) is 12.1. The number of anilines is 1. The average molecular weight is 298 g/mol. The van der Waals surface area contributed by atoms with Crippen molar-refractivity contribution in [1.29, 1.82) is 0 Å². The van der Waals surface area contributed by atoms with Gasteiger partial charge in [-0.1, -0.05) is 13.8 Å². The summed E-state index contributed by atoms with van der Waals surface area (Å²) in [7, 11) is 1.42. The molecule has 116 valence electrons. The Morgan fingerprint density at radius 3 is 2.57 bits per heavy atom. The van der Waals surface area contributed by atoms with Crippen LogP contribution in [0.1, 0.15) is 20.3 Å². The van der Waals surface area contributed by atoms with Crippen LogP contribution in [0.5, 0.6) is 5.75 Å². The third-order valence-corrected chi connectivity index (χ3v) is 2.73. The second-order valence-corrected chi connectivity index (χ2v) is 4.96. The fourth-order valence-electron chi connectivity index (χ4n) is 1.74. The molecule has 0 unspecified atom stereocenters. The Morgan fingerprint density at radius 1 is 1.38 bits per heavy atom. The van der Waals surface area contributed by atoms with Crippen molar-refractivity contribution in [3.8, 4) is 5.75 Å². The Balaban J connectivity index is 2.74. The summed E-state index contributed by atoms with van der Waals surface area (Å²) in [6.07, 6.45) is 0.281. The zero-order valence-corrected chi connectivity index (χ0v) is 12.1. The summed E-state index contributed by atoms with van der Waals surface area (Å²) >= 11 is 0. The molecule has 0 bridgehead atoms. The van der Waals surface area contributed by atoms with Crippen molar-refractivity contribution in [2.75, 3.05) is 12.4 Å². The Labute approximate surface area is 122 Å². The number of rotatable bonds is 6. The number of nitrogens with one attached hydrogen (secondary N) is 2. The Hall–Kier alpha value is -2.31. The van der Waals surface area contributed by atoms with Crippen LogP contribution in [0.4, 0.5) is 14.9 Å². The topological polar surface area (TPSA) is 87.7 Å². The number of urea groups is 1. The molecule has 3 N–H and O–H groups in total. The van der Waals surface area contributed by atoms with Crippen molar-refractivity contribution < 1.29 is 23.8 Å². The molecule has 0 aromatic heterocycles. The van der Waals surface area contributed by atoms with E-state index >= 15 is 0 Å². The van der Waals surface area contributed by atoms with Gasteiger partial charge in [0.15, 0.2) is 0 Å². The second-order valence-electron chi connectivity index (χ2n) is 4.96. The van der Waals surface area contributed by atoms with Crippen LogP contribution in [-0.2, 0) is 4.79 Å². The van der Waals surface area contributed by atoms with Gasteiger partial charge in [0, 0.05) is 6.07 Å². The molecule has 0 aliphatic heterocycles. The molecule has 0 saturated heterocycles. The van der Waals surface area contributed by atoms with Crippen molar-refractivity contribution in [2.24, 2.45) is 5.92 Å². The highest BCUT2D eigenvalue weighted by Gasteiger charge is 2.21. The van der Waals surface area contributed by atoms with Gasteiger partial charge in [0.25, 0.3) is 0 Å². The maximum absolute atomic E-state index is 13.6. The van der Waals surface area contributed by atoms with E-state index in [1.807, 2.05) is 13.8 Å². The summed E-state index contributed by atoms with van der Waals surface area (Å²) in [6, 6.07) is 2.07. The van der Waals surface area contributed by atoms with E-state index in [0.29, 0.717) is 5.75 Å². The van der Waals surface area contributed by atoms with E-state index in [1.165, 1.54) is 19.2 Å². The van der Waals surface area contributed by atoms with Crippen molar-refractivity contribution in [3.05, 3.63) is 24.0 Å². The zero-order chi connectivity index (χ0) is 16.0. The van der Waals surface area contributed by atoms with Gasteiger partial charge in [0.1, 0.15) is 17.6 Å². The molecule has 6 nitrogen and oxygen atoms in total. The molecule has 1 atom stereocenters. The molecule has 0 spiro atoms. The van der Waals surface area contributed by atoms with Gasteiger partial charge >= 0.3 is 12.0 Å². The highest BCUT2D eigenvalue weighted by Crippen LogP contribution is 2.21. The van der Waals surface area contributed by atoms with Gasteiger partial charge in [-0.3, -0.25) is 0 Å². The van der Waals surface area contributed by atoms with E-state index in [2.05, 4.69) is 10.6 Å². The van der Waals surface area contributed by atoms with E-state index in [1.54, 1.807) is 0 Å². The number of hydrogen-bond donors (Lipinski definition) is 3. The largest absolute Gasteiger partial charge is 0.497 e. The fraction of sp³-hybridized carbons (Fsp3) is 0.429. The predicted octanol–water partition coefficient (Wildman–Crippen LogP) is 2.46. The quantitative estimate of drug-likeness (QED) is 0.752. The van der Waals surface area contributed by atoms with Gasteiger partial charge < -0.3 is 20.5 Å². The summed E-state index contributed by atoms with van der Waals surface area (Å²) in [6.45, 7) is 3.69.